The summed E-state index contributed by atoms with van der Waals surface area (Å²) in [5, 5.41) is 13.4. The van der Waals surface area contributed by atoms with E-state index in [4.69, 9.17) is 16.7 Å². The molecule has 2 aromatic rings. The molecule has 2 rings (SSSR count). The molecule has 0 unspecified atom stereocenters. The highest BCUT2D eigenvalue weighted by molar-refractivity contribution is 7.12. The van der Waals surface area contributed by atoms with Crippen LogP contribution in [-0.4, -0.2) is 22.0 Å². The van der Waals surface area contributed by atoms with Crippen molar-refractivity contribution in [2.45, 2.75) is 6.42 Å². The van der Waals surface area contributed by atoms with Gasteiger partial charge in [0, 0.05) is 0 Å². The Labute approximate surface area is 117 Å². The van der Waals surface area contributed by atoms with Crippen LogP contribution in [0.1, 0.15) is 15.4 Å². The first-order valence-electron chi connectivity index (χ1n) is 5.27. The predicted molar refractivity (Wildman–Crippen MR) is 72.9 cm³/mol. The lowest BCUT2D eigenvalue weighted by molar-refractivity contribution is -0.136. The second kappa shape index (κ2) is 5.81. The van der Waals surface area contributed by atoms with Crippen LogP contribution in [0.3, 0.4) is 0 Å². The van der Waals surface area contributed by atoms with Crippen molar-refractivity contribution in [1.29, 1.82) is 0 Å². The van der Waals surface area contributed by atoms with Crippen LogP contribution in [0.5, 0.6) is 0 Å². The van der Waals surface area contributed by atoms with Crippen molar-refractivity contribution in [3.8, 4) is 0 Å². The molecule has 0 atom stereocenters. The van der Waals surface area contributed by atoms with Gasteiger partial charge in [-0.15, -0.1) is 11.3 Å². The molecule has 5 nitrogen and oxygen atoms in total. The molecule has 0 fully saturated rings. The lowest BCUT2D eigenvalue weighted by Gasteiger charge is -2.04. The third kappa shape index (κ3) is 3.52. The first kappa shape index (κ1) is 13.5. The van der Waals surface area contributed by atoms with Gasteiger partial charge in [-0.3, -0.25) is 14.6 Å². The number of carbonyl (C=O) groups is 2. The minimum atomic E-state index is -0.949. The van der Waals surface area contributed by atoms with Gasteiger partial charge in [0.1, 0.15) is 4.88 Å². The van der Waals surface area contributed by atoms with Crippen LogP contribution in [0.2, 0.25) is 5.02 Å². The molecule has 2 heterocycles. The predicted octanol–water partition coefficient (Wildman–Crippen LogP) is 2.68. The zero-order valence-electron chi connectivity index (χ0n) is 9.59. The number of pyridine rings is 1. The van der Waals surface area contributed by atoms with Crippen LogP contribution < -0.4 is 5.32 Å². The Hall–Kier alpha value is -1.92. The summed E-state index contributed by atoms with van der Waals surface area (Å²) >= 11 is 7.10. The fourth-order valence-corrected chi connectivity index (χ4v) is 2.44. The van der Waals surface area contributed by atoms with Crippen molar-refractivity contribution in [2.24, 2.45) is 0 Å². The van der Waals surface area contributed by atoms with E-state index in [0.29, 0.717) is 21.3 Å². The Bertz CT molecular complexity index is 610. The first-order valence-corrected chi connectivity index (χ1v) is 6.53. The zero-order chi connectivity index (χ0) is 13.8. The molecule has 0 saturated heterocycles. The van der Waals surface area contributed by atoms with Crippen LogP contribution in [0, 0.1) is 0 Å². The SMILES string of the molecule is O=C(O)Cc1ccc(NC(=O)c2sccc2Cl)cn1. The average molecular weight is 297 g/mol. The number of carboxylic acid groups (broad SMARTS) is 1. The smallest absolute Gasteiger partial charge is 0.309 e. The number of halogens is 1. The number of aromatic nitrogens is 1. The van der Waals surface area contributed by atoms with Gasteiger partial charge in [-0.2, -0.15) is 0 Å². The van der Waals surface area contributed by atoms with E-state index in [9.17, 15) is 9.59 Å². The lowest BCUT2D eigenvalue weighted by Crippen LogP contribution is -2.11. The monoisotopic (exact) mass is 296 g/mol. The summed E-state index contributed by atoms with van der Waals surface area (Å²) < 4.78 is 0. The van der Waals surface area contributed by atoms with E-state index in [1.54, 1.807) is 23.6 Å². The molecule has 0 aromatic carbocycles. The van der Waals surface area contributed by atoms with E-state index >= 15 is 0 Å². The molecule has 0 radical (unpaired) electrons. The minimum Gasteiger partial charge on any atom is -0.481 e. The highest BCUT2D eigenvalue weighted by Gasteiger charge is 2.12. The number of hydrogen-bond donors (Lipinski definition) is 2. The lowest BCUT2D eigenvalue weighted by atomic mass is 10.2. The molecular formula is C12H9ClN2O3S. The van der Waals surface area contributed by atoms with Crippen molar-refractivity contribution in [2.75, 3.05) is 5.32 Å². The van der Waals surface area contributed by atoms with Gasteiger partial charge < -0.3 is 10.4 Å². The molecule has 2 N–H and O–H groups in total. The van der Waals surface area contributed by atoms with Gasteiger partial charge in [-0.1, -0.05) is 11.6 Å². The number of thiophene rings is 1. The molecule has 98 valence electrons. The van der Waals surface area contributed by atoms with Crippen molar-refractivity contribution < 1.29 is 14.7 Å². The fourth-order valence-electron chi connectivity index (χ4n) is 1.40. The Morgan fingerprint density at radius 3 is 2.68 bits per heavy atom. The number of carbonyl (C=O) groups excluding carboxylic acids is 1. The Morgan fingerprint density at radius 1 is 1.37 bits per heavy atom. The maximum absolute atomic E-state index is 11.9. The molecule has 1 amide bonds. The third-order valence-corrected chi connectivity index (χ3v) is 3.58. The molecular weight excluding hydrogens is 288 g/mol. The fraction of sp³-hybridized carbons (Fsp3) is 0.0833. The molecule has 0 aliphatic carbocycles. The normalized spacial score (nSPS) is 10.2. The standard InChI is InChI=1S/C12H9ClN2O3S/c13-9-3-4-19-11(9)12(18)15-8-2-1-7(14-6-8)5-10(16)17/h1-4,6H,5H2,(H,15,18)(H,16,17). The molecule has 0 saturated carbocycles. The average Bonchev–Trinajstić information content (AvgIpc) is 2.77. The van der Waals surface area contributed by atoms with E-state index in [-0.39, 0.29) is 12.3 Å². The Kier molecular flexibility index (Phi) is 4.13. The van der Waals surface area contributed by atoms with Crippen molar-refractivity contribution >= 4 is 40.5 Å². The summed E-state index contributed by atoms with van der Waals surface area (Å²) in [7, 11) is 0. The van der Waals surface area contributed by atoms with Gasteiger partial charge in [0.05, 0.1) is 29.0 Å². The van der Waals surface area contributed by atoms with E-state index in [0.717, 1.165) is 0 Å². The molecule has 0 aliphatic rings. The quantitative estimate of drug-likeness (QED) is 0.909. The van der Waals surface area contributed by atoms with Gasteiger partial charge in [0.25, 0.3) is 5.91 Å². The van der Waals surface area contributed by atoms with E-state index in [1.165, 1.54) is 17.5 Å². The number of hydrogen-bond acceptors (Lipinski definition) is 4. The number of rotatable bonds is 4. The van der Waals surface area contributed by atoms with Gasteiger partial charge >= 0.3 is 5.97 Å². The molecule has 19 heavy (non-hydrogen) atoms. The van der Waals surface area contributed by atoms with Gasteiger partial charge in [-0.05, 0) is 23.6 Å². The molecule has 7 heteroatoms. The summed E-state index contributed by atoms with van der Waals surface area (Å²) in [6.07, 6.45) is 1.27. The highest BCUT2D eigenvalue weighted by Crippen LogP contribution is 2.23. The van der Waals surface area contributed by atoms with Crippen LogP contribution in [-0.2, 0) is 11.2 Å². The van der Waals surface area contributed by atoms with Gasteiger partial charge in [0.15, 0.2) is 0 Å². The van der Waals surface area contributed by atoms with Crippen molar-refractivity contribution in [3.05, 3.63) is 45.4 Å². The summed E-state index contributed by atoms with van der Waals surface area (Å²) in [5.74, 6) is -1.26. The summed E-state index contributed by atoms with van der Waals surface area (Å²) in [5.41, 5.74) is 0.920. The molecule has 0 spiro atoms. The number of aliphatic carboxylic acids is 1. The summed E-state index contributed by atoms with van der Waals surface area (Å²) in [6.45, 7) is 0. The van der Waals surface area contributed by atoms with Gasteiger partial charge in [-0.25, -0.2) is 0 Å². The van der Waals surface area contributed by atoms with E-state index in [2.05, 4.69) is 10.3 Å². The molecule has 0 aliphatic heterocycles. The number of amides is 1. The van der Waals surface area contributed by atoms with Crippen molar-refractivity contribution in [3.63, 3.8) is 0 Å². The number of nitrogens with zero attached hydrogens (tertiary/aromatic N) is 1. The van der Waals surface area contributed by atoms with E-state index in [1.807, 2.05) is 0 Å². The van der Waals surface area contributed by atoms with Crippen LogP contribution in [0.15, 0.2) is 29.8 Å². The Balaban J connectivity index is 2.06. The molecule has 2 aromatic heterocycles. The highest BCUT2D eigenvalue weighted by atomic mass is 35.5. The number of nitrogens with one attached hydrogen (secondary N) is 1. The summed E-state index contributed by atoms with van der Waals surface area (Å²) in [6, 6.07) is 4.81. The maximum atomic E-state index is 11.9. The zero-order valence-corrected chi connectivity index (χ0v) is 11.2. The topological polar surface area (TPSA) is 79.3 Å². The number of anilines is 1. The number of carboxylic acids is 1. The summed E-state index contributed by atoms with van der Waals surface area (Å²) in [4.78, 5) is 26.7. The Morgan fingerprint density at radius 2 is 2.16 bits per heavy atom. The first-order chi connectivity index (χ1) is 9.06. The van der Waals surface area contributed by atoms with Crippen LogP contribution >= 0.6 is 22.9 Å². The van der Waals surface area contributed by atoms with Crippen molar-refractivity contribution in [1.82, 2.24) is 4.98 Å². The van der Waals surface area contributed by atoms with Gasteiger partial charge in [0.2, 0.25) is 0 Å². The second-order valence-corrected chi connectivity index (χ2v) is 4.98. The minimum absolute atomic E-state index is 0.148. The van der Waals surface area contributed by atoms with Crippen LogP contribution in [0.25, 0.3) is 0 Å². The largest absolute Gasteiger partial charge is 0.481 e. The maximum Gasteiger partial charge on any atom is 0.309 e. The third-order valence-electron chi connectivity index (χ3n) is 2.24. The molecule has 0 bridgehead atoms. The second-order valence-electron chi connectivity index (χ2n) is 3.66. The van der Waals surface area contributed by atoms with Crippen LogP contribution in [0.4, 0.5) is 5.69 Å². The van der Waals surface area contributed by atoms with E-state index < -0.39 is 5.97 Å².